The molecule has 0 aromatic heterocycles. The summed E-state index contributed by atoms with van der Waals surface area (Å²) in [5, 5.41) is 13.7. The van der Waals surface area contributed by atoms with Gasteiger partial charge in [-0.3, -0.25) is 4.57 Å². The predicted molar refractivity (Wildman–Crippen MR) is 94.0 cm³/mol. The summed E-state index contributed by atoms with van der Waals surface area (Å²) >= 11 is 5.90. The van der Waals surface area contributed by atoms with Crippen molar-refractivity contribution in [3.8, 4) is 0 Å². The van der Waals surface area contributed by atoms with Gasteiger partial charge >= 0.3 is 0 Å². The first-order valence-corrected chi connectivity index (χ1v) is 9.83. The first-order chi connectivity index (χ1) is 10.9. The largest absolute Gasteiger partial charge is 0.391 e. The summed E-state index contributed by atoms with van der Waals surface area (Å²) in [5.74, 6) is 0. The topological polar surface area (TPSA) is 69.6 Å². The molecule has 2 aromatic carbocycles. The molecule has 2 atom stereocenters. The standard InChI is InChI=1S/C17H21ClNO3P/c18-16-8-4-7-15(9-16)10-19-11-17(20)13-23(21,22)12-14-5-2-1-3-6-14/h1-9,17,19-20H,10-13H2,(H,21,22)/t17-/m1/s1. The number of hydrogen-bond acceptors (Lipinski definition) is 3. The lowest BCUT2D eigenvalue weighted by Gasteiger charge is -2.17. The summed E-state index contributed by atoms with van der Waals surface area (Å²) in [6.45, 7) is 0.803. The minimum Gasteiger partial charge on any atom is -0.391 e. The maximum Gasteiger partial charge on any atom is 0.207 e. The smallest absolute Gasteiger partial charge is 0.207 e. The average Bonchev–Trinajstić information content (AvgIpc) is 2.47. The number of aliphatic hydroxyl groups excluding tert-OH is 1. The Balaban J connectivity index is 1.77. The van der Waals surface area contributed by atoms with Gasteiger partial charge in [0.2, 0.25) is 7.37 Å². The zero-order valence-electron chi connectivity index (χ0n) is 12.7. The fourth-order valence-electron chi connectivity index (χ4n) is 2.36. The Morgan fingerprint density at radius 1 is 1.09 bits per heavy atom. The third-order valence-corrected chi connectivity index (χ3v) is 5.45. The van der Waals surface area contributed by atoms with E-state index in [0.717, 1.165) is 11.1 Å². The molecule has 0 spiro atoms. The van der Waals surface area contributed by atoms with Crippen LogP contribution in [0.2, 0.25) is 5.02 Å². The molecule has 1 unspecified atom stereocenters. The summed E-state index contributed by atoms with van der Waals surface area (Å²) in [6, 6.07) is 16.6. The van der Waals surface area contributed by atoms with E-state index in [1.165, 1.54) is 0 Å². The maximum absolute atomic E-state index is 12.2. The van der Waals surface area contributed by atoms with Gasteiger partial charge in [-0.1, -0.05) is 54.1 Å². The van der Waals surface area contributed by atoms with Crippen LogP contribution in [0.3, 0.4) is 0 Å². The zero-order chi connectivity index (χ0) is 16.7. The Hall–Kier alpha value is -1.16. The van der Waals surface area contributed by atoms with Crippen molar-refractivity contribution >= 4 is 19.0 Å². The number of benzene rings is 2. The van der Waals surface area contributed by atoms with Crippen molar-refractivity contribution in [3.63, 3.8) is 0 Å². The molecular formula is C17H21ClNO3P. The van der Waals surface area contributed by atoms with Gasteiger partial charge in [0, 0.05) is 24.3 Å². The van der Waals surface area contributed by atoms with Gasteiger partial charge in [-0.2, -0.15) is 0 Å². The molecule has 0 saturated carbocycles. The van der Waals surface area contributed by atoms with Crippen molar-refractivity contribution in [2.75, 3.05) is 12.7 Å². The van der Waals surface area contributed by atoms with Gasteiger partial charge in [-0.05, 0) is 23.3 Å². The Morgan fingerprint density at radius 3 is 2.48 bits per heavy atom. The van der Waals surface area contributed by atoms with Crippen molar-refractivity contribution in [1.82, 2.24) is 5.32 Å². The predicted octanol–water partition coefficient (Wildman–Crippen LogP) is 3.26. The highest BCUT2D eigenvalue weighted by atomic mass is 35.5. The van der Waals surface area contributed by atoms with E-state index in [1.54, 1.807) is 6.07 Å². The highest BCUT2D eigenvalue weighted by Crippen LogP contribution is 2.44. The molecule has 0 radical (unpaired) electrons. The second-order valence-electron chi connectivity index (χ2n) is 5.59. The van der Waals surface area contributed by atoms with E-state index in [9.17, 15) is 14.6 Å². The molecular weight excluding hydrogens is 333 g/mol. The van der Waals surface area contributed by atoms with Crippen LogP contribution < -0.4 is 5.32 Å². The van der Waals surface area contributed by atoms with Crippen LogP contribution in [0.1, 0.15) is 11.1 Å². The molecule has 124 valence electrons. The Labute approximate surface area is 141 Å². The molecule has 4 nitrogen and oxygen atoms in total. The van der Waals surface area contributed by atoms with Crippen molar-refractivity contribution in [2.24, 2.45) is 0 Å². The monoisotopic (exact) mass is 353 g/mol. The van der Waals surface area contributed by atoms with E-state index >= 15 is 0 Å². The minimum absolute atomic E-state index is 0.0825. The highest BCUT2D eigenvalue weighted by Gasteiger charge is 2.23. The molecule has 6 heteroatoms. The second-order valence-corrected chi connectivity index (χ2v) is 8.40. The summed E-state index contributed by atoms with van der Waals surface area (Å²) in [7, 11) is -3.40. The SMILES string of the molecule is O=P(O)(Cc1ccccc1)C[C@H](O)CNCc1cccc(Cl)c1. The van der Waals surface area contributed by atoms with Gasteiger partial charge in [-0.25, -0.2) is 0 Å². The van der Waals surface area contributed by atoms with Gasteiger partial charge in [0.15, 0.2) is 0 Å². The third-order valence-electron chi connectivity index (χ3n) is 3.37. The third kappa shape index (κ3) is 6.86. The van der Waals surface area contributed by atoms with Crippen LogP contribution in [0, 0.1) is 0 Å². The van der Waals surface area contributed by atoms with Crippen LogP contribution in [0.15, 0.2) is 54.6 Å². The fourth-order valence-corrected chi connectivity index (χ4v) is 4.27. The van der Waals surface area contributed by atoms with Crippen LogP contribution >= 0.6 is 19.0 Å². The normalized spacial score (nSPS) is 15.1. The molecule has 0 amide bonds. The van der Waals surface area contributed by atoms with E-state index in [0.29, 0.717) is 11.6 Å². The summed E-state index contributed by atoms with van der Waals surface area (Å²) < 4.78 is 12.2. The maximum atomic E-state index is 12.2. The fraction of sp³-hybridized carbons (Fsp3) is 0.294. The van der Waals surface area contributed by atoms with E-state index in [2.05, 4.69) is 5.32 Å². The van der Waals surface area contributed by atoms with Crippen molar-refractivity contribution in [1.29, 1.82) is 0 Å². The second kappa shape index (κ2) is 8.62. The quantitative estimate of drug-likeness (QED) is 0.637. The Kier molecular flexibility index (Phi) is 6.82. The highest BCUT2D eigenvalue weighted by molar-refractivity contribution is 7.57. The number of nitrogens with one attached hydrogen (secondary N) is 1. The first kappa shape index (κ1) is 18.2. The Morgan fingerprint density at radius 2 is 1.78 bits per heavy atom. The molecule has 3 N–H and O–H groups in total. The molecule has 0 aliphatic carbocycles. The summed E-state index contributed by atoms with van der Waals surface area (Å²) in [6.07, 6.45) is -0.905. The summed E-state index contributed by atoms with van der Waals surface area (Å²) in [4.78, 5) is 10.0. The van der Waals surface area contributed by atoms with E-state index in [1.807, 2.05) is 48.5 Å². The molecule has 0 aliphatic heterocycles. The average molecular weight is 354 g/mol. The van der Waals surface area contributed by atoms with Crippen LogP contribution in [-0.4, -0.2) is 28.8 Å². The molecule has 2 aromatic rings. The van der Waals surface area contributed by atoms with Crippen LogP contribution in [0.5, 0.6) is 0 Å². The van der Waals surface area contributed by atoms with E-state index in [-0.39, 0.29) is 18.9 Å². The lowest BCUT2D eigenvalue weighted by Crippen LogP contribution is -2.29. The van der Waals surface area contributed by atoms with Gasteiger partial charge in [0.1, 0.15) is 0 Å². The number of aliphatic hydroxyl groups is 1. The molecule has 0 bridgehead atoms. The van der Waals surface area contributed by atoms with Gasteiger partial charge < -0.3 is 15.3 Å². The minimum atomic E-state index is -3.40. The molecule has 0 heterocycles. The summed E-state index contributed by atoms with van der Waals surface area (Å²) in [5.41, 5.74) is 1.80. The lowest BCUT2D eigenvalue weighted by atomic mass is 10.2. The van der Waals surface area contributed by atoms with Crippen LogP contribution in [0.25, 0.3) is 0 Å². The van der Waals surface area contributed by atoms with Crippen molar-refractivity contribution in [2.45, 2.75) is 18.8 Å². The molecule has 0 aliphatic rings. The van der Waals surface area contributed by atoms with Gasteiger partial charge in [0.05, 0.1) is 12.3 Å². The Bertz CT molecular complexity index is 666. The lowest BCUT2D eigenvalue weighted by molar-refractivity contribution is 0.190. The van der Waals surface area contributed by atoms with Crippen molar-refractivity contribution < 1.29 is 14.6 Å². The number of rotatable bonds is 8. The van der Waals surface area contributed by atoms with E-state index < -0.39 is 13.5 Å². The molecule has 2 rings (SSSR count). The number of halogens is 1. The molecule has 23 heavy (non-hydrogen) atoms. The number of hydrogen-bond donors (Lipinski definition) is 3. The molecule has 0 saturated heterocycles. The molecule has 0 fully saturated rings. The van der Waals surface area contributed by atoms with Crippen LogP contribution in [-0.2, 0) is 17.3 Å². The van der Waals surface area contributed by atoms with Crippen LogP contribution in [0.4, 0.5) is 0 Å². The van der Waals surface area contributed by atoms with E-state index in [4.69, 9.17) is 11.6 Å². The first-order valence-electron chi connectivity index (χ1n) is 7.42. The van der Waals surface area contributed by atoms with Crippen molar-refractivity contribution in [3.05, 3.63) is 70.7 Å². The van der Waals surface area contributed by atoms with Gasteiger partial charge in [0.25, 0.3) is 0 Å². The van der Waals surface area contributed by atoms with Gasteiger partial charge in [-0.15, -0.1) is 0 Å². The zero-order valence-corrected chi connectivity index (χ0v) is 14.4.